The number of β-amino-alcohol motifs (C(OH)–C–C–N with tert-alkyl or cyclic N) is 1. The van der Waals surface area contributed by atoms with Crippen LogP contribution in [0, 0.1) is 0 Å². The SMILES string of the molecule is O=C(NC1c2ccccc2-c2ccccc21)[C@H]1C[C@@H](O)CN1. The first-order valence-corrected chi connectivity index (χ1v) is 7.64. The highest BCUT2D eigenvalue weighted by molar-refractivity contribution is 5.86. The number of fused-ring (bicyclic) bond motifs is 3. The van der Waals surface area contributed by atoms with Crippen molar-refractivity contribution in [2.75, 3.05) is 6.54 Å². The van der Waals surface area contributed by atoms with Gasteiger partial charge in [0.1, 0.15) is 0 Å². The second kappa shape index (κ2) is 5.23. The standard InChI is InChI=1S/C18H18N2O2/c21-11-9-16(19-10-11)18(22)20-17-14-7-3-1-5-12(14)13-6-2-4-8-15(13)17/h1-8,11,16-17,19,21H,9-10H2,(H,20,22)/t11-,16-/m1/s1. The Morgan fingerprint density at radius 3 is 2.18 bits per heavy atom. The van der Waals surface area contributed by atoms with Crippen molar-refractivity contribution in [3.8, 4) is 11.1 Å². The fourth-order valence-electron chi connectivity index (χ4n) is 3.47. The first-order valence-electron chi connectivity index (χ1n) is 7.64. The van der Waals surface area contributed by atoms with Crippen molar-refractivity contribution in [3.05, 3.63) is 59.7 Å². The van der Waals surface area contributed by atoms with Crippen LogP contribution < -0.4 is 10.6 Å². The Morgan fingerprint density at radius 1 is 1.05 bits per heavy atom. The molecule has 0 spiro atoms. The molecule has 1 fully saturated rings. The molecule has 4 nitrogen and oxygen atoms in total. The van der Waals surface area contributed by atoms with E-state index in [2.05, 4.69) is 34.9 Å². The molecule has 1 aliphatic heterocycles. The van der Waals surface area contributed by atoms with Gasteiger partial charge in [-0.1, -0.05) is 48.5 Å². The van der Waals surface area contributed by atoms with Crippen LogP contribution in [0.4, 0.5) is 0 Å². The van der Waals surface area contributed by atoms with Crippen LogP contribution in [0.2, 0.25) is 0 Å². The van der Waals surface area contributed by atoms with Gasteiger partial charge in [-0.15, -0.1) is 0 Å². The number of rotatable bonds is 2. The van der Waals surface area contributed by atoms with E-state index in [0.717, 1.165) is 11.1 Å². The van der Waals surface area contributed by atoms with Gasteiger partial charge in [0.05, 0.1) is 18.2 Å². The molecule has 1 aliphatic carbocycles. The molecule has 0 saturated carbocycles. The first kappa shape index (κ1) is 13.5. The Hall–Kier alpha value is -2.17. The Morgan fingerprint density at radius 2 is 1.64 bits per heavy atom. The van der Waals surface area contributed by atoms with Crippen molar-refractivity contribution in [1.82, 2.24) is 10.6 Å². The molecule has 2 aromatic carbocycles. The molecule has 112 valence electrons. The number of benzene rings is 2. The highest BCUT2D eigenvalue weighted by Gasteiger charge is 2.33. The van der Waals surface area contributed by atoms with Crippen LogP contribution in [0.3, 0.4) is 0 Å². The summed E-state index contributed by atoms with van der Waals surface area (Å²) in [5, 5.41) is 15.8. The van der Waals surface area contributed by atoms with E-state index in [1.54, 1.807) is 0 Å². The zero-order chi connectivity index (χ0) is 15.1. The molecule has 4 rings (SSSR count). The zero-order valence-electron chi connectivity index (χ0n) is 12.1. The van der Waals surface area contributed by atoms with Gasteiger partial charge in [0.2, 0.25) is 5.91 Å². The number of hydrogen-bond donors (Lipinski definition) is 3. The number of carbonyl (C=O) groups excluding carboxylic acids is 1. The van der Waals surface area contributed by atoms with Gasteiger partial charge in [0, 0.05) is 6.54 Å². The van der Waals surface area contributed by atoms with Crippen molar-refractivity contribution in [1.29, 1.82) is 0 Å². The molecule has 2 atom stereocenters. The third-order valence-electron chi connectivity index (χ3n) is 4.54. The molecule has 0 aromatic heterocycles. The molecule has 1 saturated heterocycles. The molecular weight excluding hydrogens is 276 g/mol. The normalized spacial score (nSPS) is 23.1. The maximum atomic E-state index is 12.5. The van der Waals surface area contributed by atoms with Crippen molar-refractivity contribution in [2.24, 2.45) is 0 Å². The summed E-state index contributed by atoms with van der Waals surface area (Å²) in [4.78, 5) is 12.5. The number of hydrogen-bond acceptors (Lipinski definition) is 3. The van der Waals surface area contributed by atoms with Crippen molar-refractivity contribution < 1.29 is 9.90 Å². The third-order valence-corrected chi connectivity index (χ3v) is 4.54. The second-order valence-electron chi connectivity index (χ2n) is 5.97. The van der Waals surface area contributed by atoms with E-state index in [1.165, 1.54) is 11.1 Å². The van der Waals surface area contributed by atoms with E-state index in [4.69, 9.17) is 0 Å². The van der Waals surface area contributed by atoms with E-state index in [-0.39, 0.29) is 18.0 Å². The predicted octanol–water partition coefficient (Wildman–Crippen LogP) is 1.60. The van der Waals surface area contributed by atoms with Crippen LogP contribution in [0.5, 0.6) is 0 Å². The van der Waals surface area contributed by atoms with Gasteiger partial charge in [0.25, 0.3) is 0 Å². The Labute approximate surface area is 129 Å². The number of nitrogens with one attached hydrogen (secondary N) is 2. The molecule has 3 N–H and O–H groups in total. The Balaban J connectivity index is 1.65. The predicted molar refractivity (Wildman–Crippen MR) is 84.3 cm³/mol. The average Bonchev–Trinajstić information content (AvgIpc) is 3.11. The van der Waals surface area contributed by atoms with Gasteiger partial charge in [-0.3, -0.25) is 4.79 Å². The topological polar surface area (TPSA) is 61.4 Å². The van der Waals surface area contributed by atoms with Crippen molar-refractivity contribution in [2.45, 2.75) is 24.6 Å². The third kappa shape index (κ3) is 2.12. The monoisotopic (exact) mass is 294 g/mol. The quantitative estimate of drug-likeness (QED) is 0.788. The van der Waals surface area contributed by atoms with Crippen LogP contribution in [-0.4, -0.2) is 29.7 Å². The molecule has 1 heterocycles. The lowest BCUT2D eigenvalue weighted by Crippen LogP contribution is -2.41. The molecule has 2 aromatic rings. The first-order chi connectivity index (χ1) is 10.7. The van der Waals surface area contributed by atoms with E-state index in [1.807, 2.05) is 24.3 Å². The average molecular weight is 294 g/mol. The molecule has 1 amide bonds. The minimum Gasteiger partial charge on any atom is -0.392 e. The van der Waals surface area contributed by atoms with Crippen LogP contribution in [0.25, 0.3) is 11.1 Å². The minimum atomic E-state index is -0.432. The van der Waals surface area contributed by atoms with Gasteiger partial charge < -0.3 is 15.7 Å². The summed E-state index contributed by atoms with van der Waals surface area (Å²) in [7, 11) is 0. The zero-order valence-corrected chi connectivity index (χ0v) is 12.1. The van der Waals surface area contributed by atoms with Crippen LogP contribution in [-0.2, 0) is 4.79 Å². The molecule has 0 radical (unpaired) electrons. The maximum absolute atomic E-state index is 12.5. The second-order valence-corrected chi connectivity index (χ2v) is 5.97. The van der Waals surface area contributed by atoms with E-state index in [9.17, 15) is 9.90 Å². The summed E-state index contributed by atoms with van der Waals surface area (Å²) in [5.74, 6) is -0.0481. The molecule has 2 aliphatic rings. The van der Waals surface area contributed by atoms with Gasteiger partial charge >= 0.3 is 0 Å². The Kier molecular flexibility index (Phi) is 3.21. The van der Waals surface area contributed by atoms with Crippen LogP contribution in [0.15, 0.2) is 48.5 Å². The van der Waals surface area contributed by atoms with E-state index >= 15 is 0 Å². The summed E-state index contributed by atoms with van der Waals surface area (Å²) in [6.45, 7) is 0.482. The highest BCUT2D eigenvalue weighted by atomic mass is 16.3. The summed E-state index contributed by atoms with van der Waals surface area (Å²) >= 11 is 0. The molecule has 4 heteroatoms. The molecular formula is C18H18N2O2. The molecule has 22 heavy (non-hydrogen) atoms. The van der Waals surface area contributed by atoms with Gasteiger partial charge in [-0.05, 0) is 28.7 Å². The summed E-state index contributed by atoms with van der Waals surface area (Å²) in [6.07, 6.45) is 0.0425. The number of aliphatic hydroxyl groups is 1. The summed E-state index contributed by atoms with van der Waals surface area (Å²) < 4.78 is 0. The smallest absolute Gasteiger partial charge is 0.237 e. The lowest BCUT2D eigenvalue weighted by Gasteiger charge is -2.18. The number of aliphatic hydroxyl groups excluding tert-OH is 1. The van der Waals surface area contributed by atoms with Crippen LogP contribution in [0.1, 0.15) is 23.6 Å². The number of amides is 1. The van der Waals surface area contributed by atoms with Crippen LogP contribution >= 0.6 is 0 Å². The van der Waals surface area contributed by atoms with Gasteiger partial charge in [-0.2, -0.15) is 0 Å². The van der Waals surface area contributed by atoms with E-state index in [0.29, 0.717) is 13.0 Å². The molecule has 0 bridgehead atoms. The van der Waals surface area contributed by atoms with Crippen molar-refractivity contribution in [3.63, 3.8) is 0 Å². The minimum absolute atomic E-state index is 0.0481. The number of carbonyl (C=O) groups is 1. The summed E-state index contributed by atoms with van der Waals surface area (Å²) in [5.41, 5.74) is 4.64. The molecule has 0 unspecified atom stereocenters. The largest absolute Gasteiger partial charge is 0.392 e. The van der Waals surface area contributed by atoms with Gasteiger partial charge in [-0.25, -0.2) is 0 Å². The van der Waals surface area contributed by atoms with E-state index < -0.39 is 6.10 Å². The lowest BCUT2D eigenvalue weighted by atomic mass is 10.0. The Bertz CT molecular complexity index is 683. The summed E-state index contributed by atoms with van der Waals surface area (Å²) in [6, 6.07) is 15.9. The highest BCUT2D eigenvalue weighted by Crippen LogP contribution is 2.43. The lowest BCUT2D eigenvalue weighted by molar-refractivity contribution is -0.123. The fourth-order valence-corrected chi connectivity index (χ4v) is 3.47. The van der Waals surface area contributed by atoms with Crippen molar-refractivity contribution >= 4 is 5.91 Å². The maximum Gasteiger partial charge on any atom is 0.237 e. The van der Waals surface area contributed by atoms with Gasteiger partial charge in [0.15, 0.2) is 0 Å². The fraction of sp³-hybridized carbons (Fsp3) is 0.278.